The molecule has 80 valence electrons. The zero-order chi connectivity index (χ0) is 10.9. The van der Waals surface area contributed by atoms with Crippen molar-refractivity contribution in [1.29, 1.82) is 0 Å². The number of carbonyl (C=O) groups is 2. The molecule has 1 amide bonds. The lowest BCUT2D eigenvalue weighted by Gasteiger charge is -2.31. The fourth-order valence-corrected chi connectivity index (χ4v) is 1.59. The van der Waals surface area contributed by atoms with Crippen LogP contribution in [0.2, 0.25) is 0 Å². The van der Waals surface area contributed by atoms with Gasteiger partial charge in [0.2, 0.25) is 5.91 Å². The van der Waals surface area contributed by atoms with Crippen LogP contribution < -0.4 is 5.73 Å². The number of hydrogen-bond acceptors (Lipinski definition) is 3. The molecule has 0 bridgehead atoms. The van der Waals surface area contributed by atoms with Crippen molar-refractivity contribution in [3.8, 4) is 0 Å². The highest BCUT2D eigenvalue weighted by Crippen LogP contribution is 2.25. The van der Waals surface area contributed by atoms with Crippen LogP contribution >= 0.6 is 0 Å². The Hall–Kier alpha value is -1.10. The summed E-state index contributed by atoms with van der Waals surface area (Å²) in [7, 11) is 0. The monoisotopic (exact) mass is 200 g/mol. The molecule has 0 aromatic heterocycles. The number of likely N-dealkylation sites (tertiary alicyclic amines) is 1. The minimum atomic E-state index is -1.12. The zero-order valence-corrected chi connectivity index (χ0v) is 8.49. The highest BCUT2D eigenvalue weighted by Gasteiger charge is 2.42. The first-order chi connectivity index (χ1) is 6.39. The molecule has 0 aromatic rings. The van der Waals surface area contributed by atoms with Gasteiger partial charge in [-0.05, 0) is 26.3 Å². The van der Waals surface area contributed by atoms with Crippen LogP contribution in [0.15, 0.2) is 0 Å². The Labute approximate surface area is 82.9 Å². The summed E-state index contributed by atoms with van der Waals surface area (Å²) in [5.74, 6) is -1.00. The molecule has 3 N–H and O–H groups in total. The molecule has 1 fully saturated rings. The van der Waals surface area contributed by atoms with Crippen LogP contribution in [0.3, 0.4) is 0 Å². The zero-order valence-electron chi connectivity index (χ0n) is 8.49. The minimum absolute atomic E-state index is 0.0983. The van der Waals surface area contributed by atoms with Gasteiger partial charge < -0.3 is 15.7 Å². The van der Waals surface area contributed by atoms with Crippen molar-refractivity contribution < 1.29 is 14.7 Å². The first-order valence-electron chi connectivity index (χ1n) is 4.63. The van der Waals surface area contributed by atoms with E-state index < -0.39 is 11.5 Å². The van der Waals surface area contributed by atoms with E-state index in [0.29, 0.717) is 19.5 Å². The lowest BCUT2D eigenvalue weighted by atomic mass is 10.0. The van der Waals surface area contributed by atoms with Gasteiger partial charge in [-0.25, -0.2) is 4.79 Å². The van der Waals surface area contributed by atoms with Gasteiger partial charge in [-0.1, -0.05) is 0 Å². The van der Waals surface area contributed by atoms with E-state index in [1.54, 1.807) is 0 Å². The van der Waals surface area contributed by atoms with E-state index in [0.717, 1.165) is 0 Å². The number of aliphatic carboxylic acids is 1. The van der Waals surface area contributed by atoms with Gasteiger partial charge in [0, 0.05) is 13.0 Å². The van der Waals surface area contributed by atoms with Gasteiger partial charge in [0.1, 0.15) is 5.54 Å². The van der Waals surface area contributed by atoms with Crippen LogP contribution in [0.5, 0.6) is 0 Å². The molecule has 0 aliphatic carbocycles. The van der Waals surface area contributed by atoms with Crippen LogP contribution in [-0.4, -0.2) is 40.5 Å². The molecular formula is C9H16N2O3. The summed E-state index contributed by atoms with van der Waals surface area (Å²) in [5, 5.41) is 8.95. The molecule has 5 nitrogen and oxygen atoms in total. The summed E-state index contributed by atoms with van der Waals surface area (Å²) >= 11 is 0. The molecule has 0 radical (unpaired) electrons. The predicted molar refractivity (Wildman–Crippen MR) is 50.6 cm³/mol. The molecular weight excluding hydrogens is 184 g/mol. The summed E-state index contributed by atoms with van der Waals surface area (Å²) in [6.07, 6.45) is 0.368. The second kappa shape index (κ2) is 3.57. The van der Waals surface area contributed by atoms with Crippen LogP contribution in [0.1, 0.15) is 20.3 Å². The third-order valence-electron chi connectivity index (χ3n) is 2.74. The summed E-state index contributed by atoms with van der Waals surface area (Å²) in [4.78, 5) is 23.8. The van der Waals surface area contributed by atoms with Gasteiger partial charge in [-0.3, -0.25) is 4.79 Å². The van der Waals surface area contributed by atoms with E-state index >= 15 is 0 Å². The molecule has 1 aliphatic rings. The summed E-state index contributed by atoms with van der Waals surface area (Å²) < 4.78 is 0. The standard InChI is InChI=1S/C9H16N2O3/c1-9(2,8(13)14)11-5-6(4-10)3-7(11)12/h6H,3-5,10H2,1-2H3,(H,13,14). The van der Waals surface area contributed by atoms with Gasteiger partial charge in [0.25, 0.3) is 0 Å². The van der Waals surface area contributed by atoms with Crippen molar-refractivity contribution in [3.05, 3.63) is 0 Å². The number of rotatable bonds is 3. The van der Waals surface area contributed by atoms with Gasteiger partial charge in [0.15, 0.2) is 0 Å². The lowest BCUT2D eigenvalue weighted by Crippen LogP contribution is -2.51. The van der Waals surface area contributed by atoms with Crippen LogP contribution in [0.25, 0.3) is 0 Å². The minimum Gasteiger partial charge on any atom is -0.480 e. The maximum atomic E-state index is 11.5. The van der Waals surface area contributed by atoms with Crippen molar-refractivity contribution in [2.24, 2.45) is 11.7 Å². The van der Waals surface area contributed by atoms with E-state index in [1.165, 1.54) is 18.7 Å². The largest absolute Gasteiger partial charge is 0.480 e. The number of amides is 1. The highest BCUT2D eigenvalue weighted by atomic mass is 16.4. The summed E-state index contributed by atoms with van der Waals surface area (Å²) in [6, 6.07) is 0. The van der Waals surface area contributed by atoms with Crippen LogP contribution in [0, 0.1) is 5.92 Å². The van der Waals surface area contributed by atoms with Crippen molar-refractivity contribution in [2.45, 2.75) is 25.8 Å². The molecule has 1 rings (SSSR count). The fourth-order valence-electron chi connectivity index (χ4n) is 1.59. The molecule has 0 saturated carbocycles. The van der Waals surface area contributed by atoms with E-state index in [2.05, 4.69) is 0 Å². The topological polar surface area (TPSA) is 83.6 Å². The molecule has 0 aromatic carbocycles. The smallest absolute Gasteiger partial charge is 0.329 e. The first-order valence-corrected chi connectivity index (χ1v) is 4.63. The summed E-state index contributed by atoms with van der Waals surface area (Å²) in [6.45, 7) is 3.95. The Morgan fingerprint density at radius 1 is 1.71 bits per heavy atom. The predicted octanol–water partition coefficient (Wildman–Crippen LogP) is -0.343. The van der Waals surface area contributed by atoms with Crippen LogP contribution in [-0.2, 0) is 9.59 Å². The van der Waals surface area contributed by atoms with Crippen molar-refractivity contribution >= 4 is 11.9 Å². The number of carbonyl (C=O) groups excluding carboxylic acids is 1. The van der Waals surface area contributed by atoms with Gasteiger partial charge >= 0.3 is 5.97 Å². The van der Waals surface area contributed by atoms with E-state index in [1.807, 2.05) is 0 Å². The molecule has 1 saturated heterocycles. The normalized spacial score (nSPS) is 22.9. The number of carboxylic acid groups (broad SMARTS) is 1. The van der Waals surface area contributed by atoms with Gasteiger partial charge in [-0.15, -0.1) is 0 Å². The average molecular weight is 200 g/mol. The Balaban J connectivity index is 2.80. The molecule has 1 atom stereocenters. The Bertz CT molecular complexity index is 263. The molecule has 1 unspecified atom stereocenters. The molecule has 14 heavy (non-hydrogen) atoms. The second-order valence-electron chi connectivity index (χ2n) is 4.17. The van der Waals surface area contributed by atoms with E-state index in [-0.39, 0.29) is 11.8 Å². The van der Waals surface area contributed by atoms with Crippen molar-refractivity contribution in [3.63, 3.8) is 0 Å². The summed E-state index contributed by atoms with van der Waals surface area (Å²) in [5.41, 5.74) is 4.33. The number of nitrogens with zero attached hydrogens (tertiary/aromatic N) is 1. The first kappa shape index (κ1) is 11.0. The molecule has 1 aliphatic heterocycles. The highest BCUT2D eigenvalue weighted by molar-refractivity contribution is 5.87. The molecule has 5 heteroatoms. The number of hydrogen-bond donors (Lipinski definition) is 2. The van der Waals surface area contributed by atoms with Gasteiger partial charge in [0.05, 0.1) is 0 Å². The quantitative estimate of drug-likeness (QED) is 0.652. The fraction of sp³-hybridized carbons (Fsp3) is 0.778. The van der Waals surface area contributed by atoms with Crippen molar-refractivity contribution in [2.75, 3.05) is 13.1 Å². The maximum Gasteiger partial charge on any atom is 0.329 e. The van der Waals surface area contributed by atoms with Crippen molar-refractivity contribution in [1.82, 2.24) is 4.90 Å². The average Bonchev–Trinajstić information content (AvgIpc) is 2.47. The molecule has 0 spiro atoms. The third kappa shape index (κ3) is 1.72. The number of nitrogens with two attached hydrogens (primary N) is 1. The number of carboxylic acids is 1. The van der Waals surface area contributed by atoms with E-state index in [9.17, 15) is 9.59 Å². The Morgan fingerprint density at radius 3 is 2.64 bits per heavy atom. The maximum absolute atomic E-state index is 11.5. The van der Waals surface area contributed by atoms with Gasteiger partial charge in [-0.2, -0.15) is 0 Å². The Kier molecular flexibility index (Phi) is 2.80. The SMILES string of the molecule is CC(C)(C(=O)O)N1CC(CN)CC1=O. The van der Waals surface area contributed by atoms with Crippen LogP contribution in [0.4, 0.5) is 0 Å². The second-order valence-corrected chi connectivity index (χ2v) is 4.17. The van der Waals surface area contributed by atoms with E-state index in [4.69, 9.17) is 10.8 Å². The Morgan fingerprint density at radius 2 is 2.29 bits per heavy atom. The lowest BCUT2D eigenvalue weighted by molar-refractivity contribution is -0.154. The third-order valence-corrected chi connectivity index (χ3v) is 2.74. The molecule has 1 heterocycles.